The molecule has 1 aromatic carbocycles. The van der Waals surface area contributed by atoms with Gasteiger partial charge in [0.2, 0.25) is 5.95 Å². The first kappa shape index (κ1) is 31.4. The molecule has 0 saturated heterocycles. The van der Waals surface area contributed by atoms with E-state index in [4.69, 9.17) is 26.3 Å². The molecule has 0 atom stereocenters. The maximum atomic E-state index is 12.8. The van der Waals surface area contributed by atoms with Crippen molar-refractivity contribution in [2.45, 2.75) is 82.9 Å². The fraction of sp³-hybridized carbons (Fsp3) is 0.387. The second-order valence-corrected chi connectivity index (χ2v) is 14.1. The van der Waals surface area contributed by atoms with Crippen LogP contribution in [-0.4, -0.2) is 52.1 Å². The molecule has 0 bridgehead atoms. The van der Waals surface area contributed by atoms with Gasteiger partial charge in [-0.1, -0.05) is 23.7 Å². The second kappa shape index (κ2) is 12.5. The van der Waals surface area contributed by atoms with Gasteiger partial charge in [-0.3, -0.25) is 4.72 Å². The summed E-state index contributed by atoms with van der Waals surface area (Å²) in [5, 5.41) is 6.54. The number of carbonyl (C=O) groups excluding carboxylic acids is 1. The van der Waals surface area contributed by atoms with Gasteiger partial charge in [-0.25, -0.2) is 33.1 Å². The minimum absolute atomic E-state index is 0.0197. The number of nitrogens with zero attached hydrogens (tertiary/aromatic N) is 4. The highest BCUT2D eigenvalue weighted by molar-refractivity contribution is 7.92. The zero-order valence-corrected chi connectivity index (χ0v) is 26.9. The third kappa shape index (κ3) is 7.54. The van der Waals surface area contributed by atoms with Crippen LogP contribution >= 0.6 is 11.6 Å². The fourth-order valence-electron chi connectivity index (χ4n) is 5.16. The lowest BCUT2D eigenvalue weighted by Crippen LogP contribution is -2.42. The number of hydrogen-bond acceptors (Lipinski definition) is 9. The summed E-state index contributed by atoms with van der Waals surface area (Å²) in [7, 11) is -3.91. The number of amides is 1. The predicted molar refractivity (Wildman–Crippen MR) is 171 cm³/mol. The van der Waals surface area contributed by atoms with Crippen LogP contribution in [-0.2, 0) is 14.8 Å². The first-order valence-electron chi connectivity index (χ1n) is 14.4. The number of aromatic nitrogens is 4. The zero-order chi connectivity index (χ0) is 31.6. The number of aryl methyl sites for hydroxylation is 2. The first-order chi connectivity index (χ1) is 20.8. The highest BCUT2D eigenvalue weighted by Gasteiger charge is 2.25. The second-order valence-electron chi connectivity index (χ2n) is 12.0. The van der Waals surface area contributed by atoms with E-state index in [0.717, 1.165) is 47.9 Å². The molecule has 5 rings (SSSR count). The van der Waals surface area contributed by atoms with Gasteiger partial charge >= 0.3 is 6.09 Å². The van der Waals surface area contributed by atoms with Gasteiger partial charge in [0, 0.05) is 23.8 Å². The molecule has 1 amide bonds. The topological polar surface area (TPSA) is 148 Å². The van der Waals surface area contributed by atoms with Crippen LogP contribution in [0.4, 0.5) is 16.6 Å². The van der Waals surface area contributed by atoms with E-state index in [-0.39, 0.29) is 33.9 Å². The van der Waals surface area contributed by atoms with Gasteiger partial charge in [-0.15, -0.1) is 0 Å². The number of nitrogens with one attached hydrogen (secondary N) is 3. The Morgan fingerprint density at radius 3 is 2.34 bits per heavy atom. The molecule has 1 aliphatic carbocycles. The molecule has 1 fully saturated rings. The van der Waals surface area contributed by atoms with E-state index in [1.54, 1.807) is 30.6 Å². The van der Waals surface area contributed by atoms with Crippen molar-refractivity contribution in [1.29, 1.82) is 0 Å². The van der Waals surface area contributed by atoms with E-state index in [1.165, 1.54) is 12.1 Å². The molecule has 232 valence electrons. The van der Waals surface area contributed by atoms with Gasteiger partial charge in [0.05, 0.1) is 22.4 Å². The molecule has 0 spiro atoms. The Bertz CT molecular complexity index is 1800. The molecule has 4 aromatic rings. The van der Waals surface area contributed by atoms with E-state index in [1.807, 2.05) is 40.7 Å². The normalized spacial score (nSPS) is 17.2. The molecule has 0 unspecified atom stereocenters. The summed E-state index contributed by atoms with van der Waals surface area (Å²) in [4.78, 5) is 30.5. The van der Waals surface area contributed by atoms with E-state index < -0.39 is 15.6 Å². The number of sulfonamides is 1. The van der Waals surface area contributed by atoms with Crippen LogP contribution in [0.1, 0.15) is 57.6 Å². The van der Waals surface area contributed by atoms with Gasteiger partial charge in [0.15, 0.2) is 0 Å². The quantitative estimate of drug-likeness (QED) is 0.209. The van der Waals surface area contributed by atoms with Crippen LogP contribution in [0.2, 0.25) is 5.02 Å². The molecular formula is C31H36ClN7O4S. The fourth-order valence-corrected chi connectivity index (χ4v) is 6.68. The zero-order valence-electron chi connectivity index (χ0n) is 25.3. The molecule has 13 heteroatoms. The average Bonchev–Trinajstić information content (AvgIpc) is 2.93. The van der Waals surface area contributed by atoms with Crippen molar-refractivity contribution in [3.05, 3.63) is 64.9 Å². The maximum absolute atomic E-state index is 12.8. The van der Waals surface area contributed by atoms with Crippen LogP contribution in [0, 0.1) is 13.8 Å². The third-order valence-corrected chi connectivity index (χ3v) is 9.12. The largest absolute Gasteiger partial charge is 0.444 e. The van der Waals surface area contributed by atoms with E-state index in [2.05, 4.69) is 25.3 Å². The summed E-state index contributed by atoms with van der Waals surface area (Å²) >= 11 is 6.09. The van der Waals surface area contributed by atoms with Crippen molar-refractivity contribution in [2.24, 2.45) is 0 Å². The van der Waals surface area contributed by atoms with Gasteiger partial charge in [-0.05, 0) is 95.7 Å². The number of rotatable bonds is 7. The number of pyridine rings is 2. The van der Waals surface area contributed by atoms with Crippen LogP contribution in [0.25, 0.3) is 22.3 Å². The monoisotopic (exact) mass is 637 g/mol. The van der Waals surface area contributed by atoms with Crippen LogP contribution < -0.4 is 15.4 Å². The number of benzene rings is 1. The van der Waals surface area contributed by atoms with Gasteiger partial charge in [-0.2, -0.15) is 0 Å². The molecule has 0 aliphatic heterocycles. The van der Waals surface area contributed by atoms with Gasteiger partial charge < -0.3 is 15.4 Å². The van der Waals surface area contributed by atoms with Crippen molar-refractivity contribution in [1.82, 2.24) is 25.3 Å². The summed E-state index contributed by atoms with van der Waals surface area (Å²) in [6, 6.07) is 10.1. The molecule has 1 saturated carbocycles. The van der Waals surface area contributed by atoms with Crippen LogP contribution in [0.15, 0.2) is 53.7 Å². The number of halogens is 1. The smallest absolute Gasteiger partial charge is 0.407 e. The predicted octanol–water partition coefficient (Wildman–Crippen LogP) is 6.41. The Kier molecular flexibility index (Phi) is 8.94. The van der Waals surface area contributed by atoms with Gasteiger partial charge in [0.25, 0.3) is 10.0 Å². The maximum Gasteiger partial charge on any atom is 0.407 e. The lowest BCUT2D eigenvalue weighted by atomic mass is 9.91. The Morgan fingerprint density at radius 2 is 1.66 bits per heavy atom. The third-order valence-electron chi connectivity index (χ3n) is 7.27. The van der Waals surface area contributed by atoms with Crippen molar-refractivity contribution in [2.75, 3.05) is 10.0 Å². The van der Waals surface area contributed by atoms with E-state index in [9.17, 15) is 13.2 Å². The number of alkyl carbamates (subject to hydrolysis) is 1. The Balaban J connectivity index is 1.25. The Hall–Kier alpha value is -4.03. The first-order valence-corrected chi connectivity index (χ1v) is 16.3. The van der Waals surface area contributed by atoms with Gasteiger partial charge in [0.1, 0.15) is 21.8 Å². The SMILES string of the molecule is Cc1cc(NS(=O)(=O)c2ccccc2Cl)ncc1-c1cc(C)c2nc(N[C@H]3CC[C@H](NC(=O)OC(C)(C)C)CC3)ncc2n1. The number of carbonyl (C=O) groups is 1. The van der Waals surface area contributed by atoms with Crippen LogP contribution in [0.5, 0.6) is 0 Å². The molecule has 0 radical (unpaired) electrons. The number of fused-ring (bicyclic) bond motifs is 1. The molecule has 3 heterocycles. The van der Waals surface area contributed by atoms with Crippen LogP contribution in [0.3, 0.4) is 0 Å². The molecular weight excluding hydrogens is 602 g/mol. The van der Waals surface area contributed by atoms with E-state index >= 15 is 0 Å². The molecule has 3 aromatic heterocycles. The summed E-state index contributed by atoms with van der Waals surface area (Å²) in [5.74, 6) is 0.712. The average molecular weight is 638 g/mol. The standard InChI is InChI=1S/C31H36ClN7O4S/c1-18-15-27(39-44(41,42)26-9-7-6-8-23(26)32)33-16-22(18)24-14-19(2)28-25(37-24)17-34-29(38-28)35-20-10-12-21(13-11-20)36-30(40)43-31(3,4)5/h6-9,14-17,20-21H,10-13H2,1-5H3,(H,33,39)(H,36,40)(H,34,35,38)/t20-,21-. The highest BCUT2D eigenvalue weighted by Crippen LogP contribution is 2.29. The minimum Gasteiger partial charge on any atom is -0.444 e. The summed E-state index contributed by atoms with van der Waals surface area (Å²) in [5.41, 5.74) is 4.00. The lowest BCUT2D eigenvalue weighted by molar-refractivity contribution is 0.0492. The molecule has 1 aliphatic rings. The summed E-state index contributed by atoms with van der Waals surface area (Å²) in [6.45, 7) is 9.39. The van der Waals surface area contributed by atoms with Crippen molar-refractivity contribution in [3.8, 4) is 11.3 Å². The molecule has 44 heavy (non-hydrogen) atoms. The van der Waals surface area contributed by atoms with E-state index in [0.29, 0.717) is 17.2 Å². The van der Waals surface area contributed by atoms with Crippen molar-refractivity contribution in [3.63, 3.8) is 0 Å². The number of ether oxygens (including phenoxy) is 1. The Labute approximate surface area is 262 Å². The molecule has 11 nitrogen and oxygen atoms in total. The summed E-state index contributed by atoms with van der Waals surface area (Å²) < 4.78 is 33.6. The van der Waals surface area contributed by atoms with Crippen molar-refractivity contribution < 1.29 is 17.9 Å². The van der Waals surface area contributed by atoms with Crippen molar-refractivity contribution >= 4 is 50.5 Å². The minimum atomic E-state index is -3.91. The highest BCUT2D eigenvalue weighted by atomic mass is 35.5. The summed E-state index contributed by atoms with van der Waals surface area (Å²) in [6.07, 6.45) is 6.33. The number of hydrogen-bond donors (Lipinski definition) is 3. The lowest BCUT2D eigenvalue weighted by Gasteiger charge is -2.30. The number of anilines is 2. The Morgan fingerprint density at radius 1 is 0.955 bits per heavy atom. The molecule has 3 N–H and O–H groups in total.